The number of amides is 1. The average molecular weight is 475 g/mol. The first-order chi connectivity index (χ1) is 10.5. The molecule has 0 bridgehead atoms. The average Bonchev–Trinajstić information content (AvgIpc) is 2.51. The summed E-state index contributed by atoms with van der Waals surface area (Å²) in [6, 6.07) is 12.0. The molecule has 22 heavy (non-hydrogen) atoms. The lowest BCUT2D eigenvalue weighted by molar-refractivity contribution is -0.129. The van der Waals surface area contributed by atoms with Crippen molar-refractivity contribution in [2.75, 3.05) is 0 Å². The Labute approximate surface area is 149 Å². The zero-order valence-electron chi connectivity index (χ0n) is 11.2. The lowest BCUT2D eigenvalue weighted by Crippen LogP contribution is -2.25. The molecule has 1 amide bonds. The Kier molecular flexibility index (Phi) is 5.92. The minimum Gasteiger partial charge on any atom is -0.506 e. The van der Waals surface area contributed by atoms with E-state index in [4.69, 9.17) is 0 Å². The van der Waals surface area contributed by atoms with Crippen LogP contribution in [0.2, 0.25) is 0 Å². The van der Waals surface area contributed by atoms with Gasteiger partial charge in [-0.05, 0) is 40.3 Å². The van der Waals surface area contributed by atoms with Gasteiger partial charge in [-0.2, -0.15) is 5.10 Å². The number of hydrogen-bond donors (Lipinski definition) is 3. The smallest absolute Gasteiger partial charge is 0.273 e. The molecule has 2 rings (SSSR count). The Bertz CT molecular complexity index is 707. The van der Waals surface area contributed by atoms with Gasteiger partial charge in [0.1, 0.15) is 5.75 Å². The van der Waals surface area contributed by atoms with E-state index < -0.39 is 12.0 Å². The third kappa shape index (κ3) is 4.28. The molecule has 5 nitrogen and oxygen atoms in total. The highest BCUT2D eigenvalue weighted by Crippen LogP contribution is 2.27. The van der Waals surface area contributed by atoms with Crippen LogP contribution in [0, 0.1) is 3.57 Å². The van der Waals surface area contributed by atoms with Gasteiger partial charge in [-0.15, -0.1) is 0 Å². The van der Waals surface area contributed by atoms with Crippen molar-refractivity contribution in [1.82, 2.24) is 5.43 Å². The van der Waals surface area contributed by atoms with Crippen LogP contribution in [0.1, 0.15) is 17.2 Å². The second-order valence-corrected chi connectivity index (χ2v) is 6.45. The van der Waals surface area contributed by atoms with Crippen LogP contribution in [-0.2, 0) is 4.79 Å². The highest BCUT2D eigenvalue weighted by atomic mass is 127. The van der Waals surface area contributed by atoms with Crippen molar-refractivity contribution >= 4 is 50.6 Å². The van der Waals surface area contributed by atoms with Gasteiger partial charge in [-0.1, -0.05) is 46.3 Å². The maximum absolute atomic E-state index is 11.8. The molecule has 0 fully saturated rings. The summed E-state index contributed by atoms with van der Waals surface area (Å²) >= 11 is 5.31. The molecule has 0 aliphatic carbocycles. The molecule has 3 N–H and O–H groups in total. The van der Waals surface area contributed by atoms with Crippen LogP contribution in [0.3, 0.4) is 0 Å². The monoisotopic (exact) mass is 474 g/mol. The Balaban J connectivity index is 2.05. The first kappa shape index (κ1) is 16.9. The second-order valence-electron chi connectivity index (χ2n) is 4.37. The highest BCUT2D eigenvalue weighted by Gasteiger charge is 2.16. The minimum absolute atomic E-state index is 0.0745. The molecule has 0 spiro atoms. The van der Waals surface area contributed by atoms with E-state index in [2.05, 4.69) is 26.5 Å². The van der Waals surface area contributed by atoms with E-state index in [0.717, 1.165) is 4.47 Å². The van der Waals surface area contributed by atoms with Gasteiger partial charge in [-0.3, -0.25) is 4.79 Å². The van der Waals surface area contributed by atoms with Gasteiger partial charge in [-0.25, -0.2) is 5.43 Å². The molecular weight excluding hydrogens is 463 g/mol. The molecule has 7 heteroatoms. The molecule has 1 atom stereocenters. The number of rotatable bonds is 4. The van der Waals surface area contributed by atoms with Gasteiger partial charge < -0.3 is 10.2 Å². The van der Waals surface area contributed by atoms with E-state index in [9.17, 15) is 15.0 Å². The molecule has 2 aromatic carbocycles. The normalized spacial score (nSPS) is 12.3. The predicted molar refractivity (Wildman–Crippen MR) is 95.7 cm³/mol. The molecular formula is C15H12BrIN2O3. The molecule has 0 heterocycles. The third-order valence-electron chi connectivity index (χ3n) is 2.80. The van der Waals surface area contributed by atoms with Crippen molar-refractivity contribution in [3.05, 3.63) is 61.6 Å². The fourth-order valence-corrected chi connectivity index (χ4v) is 3.25. The van der Waals surface area contributed by atoms with Crippen molar-refractivity contribution in [3.63, 3.8) is 0 Å². The van der Waals surface area contributed by atoms with Gasteiger partial charge >= 0.3 is 0 Å². The van der Waals surface area contributed by atoms with Gasteiger partial charge in [0.05, 0.1) is 9.78 Å². The Morgan fingerprint density at radius 2 is 2.00 bits per heavy atom. The van der Waals surface area contributed by atoms with Crippen LogP contribution in [0.25, 0.3) is 0 Å². The van der Waals surface area contributed by atoms with Crippen LogP contribution in [-0.4, -0.2) is 22.3 Å². The second kappa shape index (κ2) is 7.70. The van der Waals surface area contributed by atoms with E-state index in [1.165, 1.54) is 6.21 Å². The number of carbonyl (C=O) groups is 1. The molecule has 0 aliphatic heterocycles. The number of benzene rings is 2. The number of carbonyl (C=O) groups excluding carboxylic acids is 1. The number of aromatic hydroxyl groups is 1. The van der Waals surface area contributed by atoms with E-state index in [1.807, 2.05) is 22.6 Å². The van der Waals surface area contributed by atoms with Crippen LogP contribution < -0.4 is 5.43 Å². The summed E-state index contributed by atoms with van der Waals surface area (Å²) in [7, 11) is 0. The Morgan fingerprint density at radius 1 is 1.32 bits per heavy atom. The maximum Gasteiger partial charge on any atom is 0.273 e. The highest BCUT2D eigenvalue weighted by molar-refractivity contribution is 14.1. The lowest BCUT2D eigenvalue weighted by atomic mass is 10.1. The molecule has 2 aromatic rings. The molecule has 0 radical (unpaired) electrons. The summed E-state index contributed by atoms with van der Waals surface area (Å²) in [4.78, 5) is 11.8. The zero-order valence-corrected chi connectivity index (χ0v) is 14.9. The van der Waals surface area contributed by atoms with Crippen molar-refractivity contribution in [2.24, 2.45) is 5.10 Å². The molecule has 0 aromatic heterocycles. The van der Waals surface area contributed by atoms with Crippen LogP contribution in [0.4, 0.5) is 0 Å². The van der Waals surface area contributed by atoms with Crippen molar-refractivity contribution in [3.8, 4) is 5.75 Å². The quantitative estimate of drug-likeness (QED) is 0.362. The molecule has 0 saturated carbocycles. The summed E-state index contributed by atoms with van der Waals surface area (Å²) in [6.45, 7) is 0. The summed E-state index contributed by atoms with van der Waals surface area (Å²) in [5, 5.41) is 23.5. The van der Waals surface area contributed by atoms with Gasteiger partial charge in [0.2, 0.25) is 0 Å². The molecule has 0 unspecified atom stereocenters. The van der Waals surface area contributed by atoms with E-state index in [0.29, 0.717) is 14.7 Å². The number of aliphatic hydroxyl groups excluding tert-OH is 1. The SMILES string of the molecule is O=C(N/N=C/c1cc(Br)cc(I)c1O)[C@@H](O)c1ccccc1. The first-order valence-electron chi connectivity index (χ1n) is 6.23. The Morgan fingerprint density at radius 3 is 2.68 bits per heavy atom. The maximum atomic E-state index is 11.8. The summed E-state index contributed by atoms with van der Waals surface area (Å²) in [5.41, 5.74) is 3.18. The summed E-state index contributed by atoms with van der Waals surface area (Å²) < 4.78 is 1.44. The predicted octanol–water partition coefficient (Wildman–Crippen LogP) is 2.94. The molecule has 0 aliphatic rings. The summed E-state index contributed by atoms with van der Waals surface area (Å²) in [5.74, 6) is -0.572. The standard InChI is InChI=1S/C15H12BrIN2O3/c16-11-6-10(13(20)12(17)7-11)8-18-19-15(22)14(21)9-4-2-1-3-5-9/h1-8,14,20-21H,(H,19,22)/b18-8+/t14-/m0/s1. The summed E-state index contributed by atoms with van der Waals surface area (Å²) in [6.07, 6.45) is 0.0207. The van der Waals surface area contributed by atoms with Crippen molar-refractivity contribution in [2.45, 2.75) is 6.10 Å². The largest absolute Gasteiger partial charge is 0.506 e. The van der Waals surface area contributed by atoms with Crippen molar-refractivity contribution < 1.29 is 15.0 Å². The number of halogens is 2. The fourth-order valence-electron chi connectivity index (χ4n) is 1.70. The van der Waals surface area contributed by atoms with Gasteiger partial charge in [0.15, 0.2) is 6.10 Å². The number of aliphatic hydroxyl groups is 1. The minimum atomic E-state index is -1.30. The van der Waals surface area contributed by atoms with E-state index in [-0.39, 0.29) is 5.75 Å². The topological polar surface area (TPSA) is 81.9 Å². The fraction of sp³-hybridized carbons (Fsp3) is 0.0667. The number of nitrogens with one attached hydrogen (secondary N) is 1. The molecule has 0 saturated heterocycles. The van der Waals surface area contributed by atoms with E-state index in [1.54, 1.807) is 42.5 Å². The van der Waals surface area contributed by atoms with E-state index >= 15 is 0 Å². The zero-order chi connectivity index (χ0) is 16.1. The van der Waals surface area contributed by atoms with Gasteiger partial charge in [0, 0.05) is 10.0 Å². The van der Waals surface area contributed by atoms with Crippen molar-refractivity contribution in [1.29, 1.82) is 0 Å². The van der Waals surface area contributed by atoms with Crippen LogP contribution in [0.15, 0.2) is 52.0 Å². The molecule has 114 valence electrons. The number of phenolic OH excluding ortho intramolecular Hbond substituents is 1. The number of hydrazone groups is 1. The van der Waals surface area contributed by atoms with Gasteiger partial charge in [0.25, 0.3) is 5.91 Å². The Hall–Kier alpha value is -1.45. The van der Waals surface area contributed by atoms with Crippen LogP contribution in [0.5, 0.6) is 5.75 Å². The number of hydrogen-bond acceptors (Lipinski definition) is 4. The first-order valence-corrected chi connectivity index (χ1v) is 8.10. The lowest BCUT2D eigenvalue weighted by Gasteiger charge is -2.08. The number of nitrogens with zero attached hydrogens (tertiary/aromatic N) is 1. The number of phenols is 1. The van der Waals surface area contributed by atoms with Crippen LogP contribution >= 0.6 is 38.5 Å². The third-order valence-corrected chi connectivity index (χ3v) is 4.08.